The molecule has 1 atom stereocenters. The normalized spacial score (nSPS) is 34.1. The van der Waals surface area contributed by atoms with Gasteiger partial charge in [-0.15, -0.1) is 0 Å². The number of rotatable bonds is 5. The van der Waals surface area contributed by atoms with Crippen LogP contribution in [0.4, 0.5) is 0 Å². The van der Waals surface area contributed by atoms with Crippen molar-refractivity contribution < 1.29 is 14.0 Å². The lowest BCUT2D eigenvalue weighted by Gasteiger charge is -2.57. The third kappa shape index (κ3) is 3.21. The van der Waals surface area contributed by atoms with Crippen LogP contribution >= 0.6 is 0 Å². The van der Waals surface area contributed by atoms with E-state index in [4.69, 9.17) is 4.42 Å². The van der Waals surface area contributed by atoms with Crippen LogP contribution in [0.5, 0.6) is 0 Å². The summed E-state index contributed by atoms with van der Waals surface area (Å²) < 4.78 is 5.15. The molecule has 4 aliphatic rings. The molecule has 25 heavy (non-hydrogen) atoms. The van der Waals surface area contributed by atoms with Crippen molar-refractivity contribution in [2.24, 2.45) is 23.7 Å². The maximum Gasteiger partial charge on any atom is 0.287 e. The van der Waals surface area contributed by atoms with Gasteiger partial charge in [-0.1, -0.05) is 13.8 Å². The number of carbonyl (C=O) groups excluding carboxylic acids is 2. The lowest BCUT2D eigenvalue weighted by atomic mass is 9.53. The minimum Gasteiger partial charge on any atom is -0.459 e. The van der Waals surface area contributed by atoms with E-state index in [1.165, 1.54) is 25.5 Å². The van der Waals surface area contributed by atoms with Gasteiger partial charge in [0.1, 0.15) is 6.04 Å². The molecule has 5 heteroatoms. The van der Waals surface area contributed by atoms with E-state index in [0.29, 0.717) is 0 Å². The van der Waals surface area contributed by atoms with E-state index in [2.05, 4.69) is 10.6 Å². The van der Waals surface area contributed by atoms with Crippen molar-refractivity contribution in [1.29, 1.82) is 0 Å². The average Bonchev–Trinajstić information content (AvgIpc) is 3.04. The van der Waals surface area contributed by atoms with Crippen LogP contribution in [0.1, 0.15) is 62.9 Å². The molecule has 0 aromatic carbocycles. The predicted molar refractivity (Wildman–Crippen MR) is 93.8 cm³/mol. The molecule has 0 aliphatic heterocycles. The number of carbonyl (C=O) groups is 2. The van der Waals surface area contributed by atoms with Gasteiger partial charge in [-0.25, -0.2) is 0 Å². The Kier molecular flexibility index (Phi) is 4.13. The Bertz CT molecular complexity index is 615. The highest BCUT2D eigenvalue weighted by atomic mass is 16.3. The maximum absolute atomic E-state index is 13.0. The molecule has 1 heterocycles. The smallest absolute Gasteiger partial charge is 0.287 e. The van der Waals surface area contributed by atoms with Gasteiger partial charge in [0.2, 0.25) is 5.91 Å². The third-order valence-corrected chi connectivity index (χ3v) is 6.41. The molecule has 5 rings (SSSR count). The van der Waals surface area contributed by atoms with Crippen LogP contribution in [-0.4, -0.2) is 23.4 Å². The van der Waals surface area contributed by atoms with Gasteiger partial charge in [-0.3, -0.25) is 9.59 Å². The Morgan fingerprint density at radius 2 is 1.72 bits per heavy atom. The molecular weight excluding hydrogens is 316 g/mol. The lowest BCUT2D eigenvalue weighted by molar-refractivity contribution is -0.129. The molecule has 0 spiro atoms. The van der Waals surface area contributed by atoms with E-state index in [0.717, 1.165) is 37.0 Å². The van der Waals surface area contributed by atoms with Crippen molar-refractivity contribution in [3.63, 3.8) is 0 Å². The number of hydrogen-bond acceptors (Lipinski definition) is 3. The largest absolute Gasteiger partial charge is 0.459 e. The molecule has 4 fully saturated rings. The Hall–Kier alpha value is -1.78. The summed E-state index contributed by atoms with van der Waals surface area (Å²) in [7, 11) is 0. The average molecular weight is 344 g/mol. The second-order valence-corrected chi connectivity index (χ2v) is 8.86. The molecule has 0 saturated heterocycles. The molecule has 1 aromatic heterocycles. The molecule has 136 valence electrons. The van der Waals surface area contributed by atoms with E-state index in [-0.39, 0.29) is 29.0 Å². The standard InChI is InChI=1S/C20H28N2O3/c1-12(2)17(21-18(23)16-4-3-5-25-16)19(24)22-20-9-13-6-14(10-20)8-15(7-13)11-20/h3-5,12-15,17H,6-11H2,1-2H3,(H,21,23)(H,22,24)/t13?,14?,15?,17-,20?/m1/s1. The molecule has 1 aromatic rings. The second-order valence-electron chi connectivity index (χ2n) is 8.86. The van der Waals surface area contributed by atoms with Crippen LogP contribution in [0.15, 0.2) is 22.8 Å². The molecule has 0 radical (unpaired) electrons. The van der Waals surface area contributed by atoms with Crippen LogP contribution in [0.3, 0.4) is 0 Å². The van der Waals surface area contributed by atoms with Crippen molar-refractivity contribution in [3.8, 4) is 0 Å². The van der Waals surface area contributed by atoms with Crippen molar-refractivity contribution in [2.45, 2.75) is 64.0 Å². The molecule has 2 N–H and O–H groups in total. The fourth-order valence-electron chi connectivity index (χ4n) is 5.76. The summed E-state index contributed by atoms with van der Waals surface area (Å²) in [6, 6.07) is 2.75. The van der Waals surface area contributed by atoms with Gasteiger partial charge in [0.05, 0.1) is 6.26 Å². The van der Waals surface area contributed by atoms with Crippen molar-refractivity contribution in [1.82, 2.24) is 10.6 Å². The van der Waals surface area contributed by atoms with Crippen molar-refractivity contribution in [2.75, 3.05) is 0 Å². The zero-order valence-corrected chi connectivity index (χ0v) is 15.1. The molecular formula is C20H28N2O3. The summed E-state index contributed by atoms with van der Waals surface area (Å²) in [5.74, 6) is 2.23. The Labute approximate surface area is 148 Å². The Morgan fingerprint density at radius 1 is 1.12 bits per heavy atom. The summed E-state index contributed by atoms with van der Waals surface area (Å²) in [6.45, 7) is 3.93. The van der Waals surface area contributed by atoms with E-state index in [1.54, 1.807) is 12.1 Å². The van der Waals surface area contributed by atoms with Gasteiger partial charge in [0, 0.05) is 5.54 Å². The Balaban J connectivity index is 1.45. The number of hydrogen-bond donors (Lipinski definition) is 2. The highest BCUT2D eigenvalue weighted by Crippen LogP contribution is 2.55. The van der Waals surface area contributed by atoms with Gasteiger partial charge < -0.3 is 15.1 Å². The fraction of sp³-hybridized carbons (Fsp3) is 0.700. The second kappa shape index (κ2) is 6.19. The van der Waals surface area contributed by atoms with Gasteiger partial charge >= 0.3 is 0 Å². The minimum atomic E-state index is -0.536. The first-order valence-corrected chi connectivity index (χ1v) is 9.60. The number of nitrogens with one attached hydrogen (secondary N) is 2. The van der Waals surface area contributed by atoms with Gasteiger partial charge in [-0.2, -0.15) is 0 Å². The van der Waals surface area contributed by atoms with Crippen molar-refractivity contribution in [3.05, 3.63) is 24.2 Å². The van der Waals surface area contributed by atoms with Crippen LogP contribution in [0.2, 0.25) is 0 Å². The summed E-state index contributed by atoms with van der Waals surface area (Å²) in [5, 5.41) is 6.23. The number of furan rings is 1. The molecule has 4 bridgehead atoms. The zero-order valence-electron chi connectivity index (χ0n) is 15.1. The zero-order chi connectivity index (χ0) is 17.6. The highest BCUT2D eigenvalue weighted by Gasteiger charge is 2.52. The molecule has 5 nitrogen and oxygen atoms in total. The molecule has 0 unspecified atom stereocenters. The fourth-order valence-corrected chi connectivity index (χ4v) is 5.76. The minimum absolute atomic E-state index is 0.0211. The monoisotopic (exact) mass is 344 g/mol. The van der Waals surface area contributed by atoms with E-state index >= 15 is 0 Å². The molecule has 4 saturated carbocycles. The first-order chi connectivity index (χ1) is 11.9. The van der Waals surface area contributed by atoms with Gasteiger partial charge in [0.25, 0.3) is 5.91 Å². The Morgan fingerprint density at radius 3 is 2.20 bits per heavy atom. The van der Waals surface area contributed by atoms with Gasteiger partial charge in [-0.05, 0) is 74.3 Å². The number of amides is 2. The quantitative estimate of drug-likeness (QED) is 0.862. The van der Waals surface area contributed by atoms with E-state index < -0.39 is 6.04 Å². The lowest BCUT2D eigenvalue weighted by Crippen LogP contribution is -2.63. The summed E-state index contributed by atoms with van der Waals surface area (Å²) in [5.41, 5.74) is -0.0334. The van der Waals surface area contributed by atoms with E-state index in [1.807, 2.05) is 13.8 Å². The molecule has 2 amide bonds. The van der Waals surface area contributed by atoms with Crippen LogP contribution in [-0.2, 0) is 4.79 Å². The first kappa shape index (κ1) is 16.7. The third-order valence-electron chi connectivity index (χ3n) is 6.41. The maximum atomic E-state index is 13.0. The summed E-state index contributed by atoms with van der Waals surface area (Å²) in [6.07, 6.45) is 8.84. The van der Waals surface area contributed by atoms with E-state index in [9.17, 15) is 9.59 Å². The van der Waals surface area contributed by atoms with Gasteiger partial charge in [0.15, 0.2) is 5.76 Å². The van der Waals surface area contributed by atoms with Crippen LogP contribution in [0, 0.1) is 23.7 Å². The first-order valence-electron chi connectivity index (χ1n) is 9.60. The van der Waals surface area contributed by atoms with Crippen LogP contribution in [0.25, 0.3) is 0 Å². The summed E-state index contributed by atoms with van der Waals surface area (Å²) >= 11 is 0. The predicted octanol–water partition coefficient (Wildman–Crippen LogP) is 3.12. The topological polar surface area (TPSA) is 71.3 Å². The van der Waals surface area contributed by atoms with Crippen molar-refractivity contribution >= 4 is 11.8 Å². The highest BCUT2D eigenvalue weighted by molar-refractivity contribution is 5.95. The molecule has 4 aliphatic carbocycles. The SMILES string of the molecule is CC(C)[C@@H](NC(=O)c1ccco1)C(=O)NC12CC3CC(CC(C3)C1)C2. The van der Waals surface area contributed by atoms with Crippen LogP contribution < -0.4 is 10.6 Å². The summed E-state index contributed by atoms with van der Waals surface area (Å²) in [4.78, 5) is 25.3.